The van der Waals surface area contributed by atoms with Crippen LogP contribution in [-0.4, -0.2) is 48.6 Å². The van der Waals surface area contributed by atoms with Crippen molar-refractivity contribution >= 4 is 11.6 Å². The zero-order valence-electron chi connectivity index (χ0n) is 17.3. The number of ether oxygens (including phenoxy) is 1. The van der Waals surface area contributed by atoms with Gasteiger partial charge in [0.25, 0.3) is 5.69 Å². The van der Waals surface area contributed by atoms with Crippen molar-refractivity contribution < 1.29 is 9.66 Å². The van der Waals surface area contributed by atoms with Gasteiger partial charge in [0.15, 0.2) is 5.96 Å². The third-order valence-corrected chi connectivity index (χ3v) is 4.95. The Bertz CT molecular complexity index is 865. The molecule has 1 fully saturated rings. The molecule has 1 heterocycles. The topological polar surface area (TPSA) is 92.0 Å². The number of aliphatic imine (C=N–C) groups is 1. The highest BCUT2D eigenvalue weighted by Gasteiger charge is 2.13. The van der Waals surface area contributed by atoms with E-state index >= 15 is 0 Å². The maximum absolute atomic E-state index is 11.0. The van der Waals surface area contributed by atoms with Crippen molar-refractivity contribution in [1.29, 1.82) is 0 Å². The number of nitro groups is 1. The number of rotatable bonds is 8. The largest absolute Gasteiger partial charge is 0.379 e. The minimum atomic E-state index is -0.387. The molecule has 2 aromatic rings. The standard InChI is InChI=1S/C22H29N5O3/c1-2-23-22(24-15-18-6-5-9-21(14-18)27(28)29)25-16-19-7-3-4-8-20(19)17-26-10-12-30-13-11-26/h3-9,14H,2,10-13,15-17H2,1H3,(H2,23,24,25). The minimum Gasteiger partial charge on any atom is -0.379 e. The molecule has 0 spiro atoms. The van der Waals surface area contributed by atoms with Crippen molar-refractivity contribution in [3.05, 3.63) is 75.3 Å². The van der Waals surface area contributed by atoms with Crippen LogP contribution < -0.4 is 10.6 Å². The van der Waals surface area contributed by atoms with E-state index in [0.717, 1.165) is 45.0 Å². The van der Waals surface area contributed by atoms with Gasteiger partial charge in [0.05, 0.1) is 24.7 Å². The molecule has 0 saturated carbocycles. The fourth-order valence-corrected chi connectivity index (χ4v) is 3.34. The second kappa shape index (κ2) is 11.3. The quantitative estimate of drug-likeness (QED) is 0.300. The van der Waals surface area contributed by atoms with E-state index in [1.807, 2.05) is 19.1 Å². The third-order valence-electron chi connectivity index (χ3n) is 4.95. The van der Waals surface area contributed by atoms with E-state index in [9.17, 15) is 10.1 Å². The second-order valence-corrected chi connectivity index (χ2v) is 7.13. The Morgan fingerprint density at radius 1 is 1.13 bits per heavy atom. The van der Waals surface area contributed by atoms with E-state index in [0.29, 0.717) is 19.0 Å². The summed E-state index contributed by atoms with van der Waals surface area (Å²) in [5.41, 5.74) is 3.40. The van der Waals surface area contributed by atoms with Crippen LogP contribution in [0.4, 0.5) is 5.69 Å². The molecule has 30 heavy (non-hydrogen) atoms. The van der Waals surface area contributed by atoms with Crippen molar-refractivity contribution in [3.8, 4) is 0 Å². The fraction of sp³-hybridized carbons (Fsp3) is 0.409. The van der Waals surface area contributed by atoms with Gasteiger partial charge in [-0.15, -0.1) is 0 Å². The van der Waals surface area contributed by atoms with Gasteiger partial charge in [0.1, 0.15) is 0 Å². The molecule has 1 aliphatic rings. The SMILES string of the molecule is CCNC(=NCc1cccc([N+](=O)[O-])c1)NCc1ccccc1CN1CCOCC1. The van der Waals surface area contributed by atoms with Crippen LogP contribution in [0.15, 0.2) is 53.5 Å². The van der Waals surface area contributed by atoms with Crippen LogP contribution in [0.2, 0.25) is 0 Å². The summed E-state index contributed by atoms with van der Waals surface area (Å²) in [7, 11) is 0. The number of hydrogen-bond donors (Lipinski definition) is 2. The number of non-ortho nitro benzene ring substituents is 1. The van der Waals surface area contributed by atoms with Crippen LogP contribution in [0.3, 0.4) is 0 Å². The maximum Gasteiger partial charge on any atom is 0.269 e. The fourth-order valence-electron chi connectivity index (χ4n) is 3.34. The van der Waals surface area contributed by atoms with Crippen molar-refractivity contribution in [2.45, 2.75) is 26.6 Å². The van der Waals surface area contributed by atoms with Crippen LogP contribution in [-0.2, 0) is 24.4 Å². The van der Waals surface area contributed by atoms with Crippen LogP contribution >= 0.6 is 0 Å². The molecule has 0 aromatic heterocycles. The predicted octanol–water partition coefficient (Wildman–Crippen LogP) is 2.68. The molecule has 0 bridgehead atoms. The molecule has 160 valence electrons. The lowest BCUT2D eigenvalue weighted by atomic mass is 10.1. The highest BCUT2D eigenvalue weighted by Crippen LogP contribution is 2.14. The summed E-state index contributed by atoms with van der Waals surface area (Å²) in [4.78, 5) is 17.6. The Balaban J connectivity index is 1.63. The Morgan fingerprint density at radius 3 is 2.63 bits per heavy atom. The Labute approximate surface area is 177 Å². The Kier molecular flexibility index (Phi) is 8.17. The summed E-state index contributed by atoms with van der Waals surface area (Å²) in [5.74, 6) is 0.685. The van der Waals surface area contributed by atoms with Crippen LogP contribution in [0.25, 0.3) is 0 Å². The second-order valence-electron chi connectivity index (χ2n) is 7.13. The van der Waals surface area contributed by atoms with E-state index in [1.165, 1.54) is 17.2 Å². The van der Waals surface area contributed by atoms with Gasteiger partial charge in [-0.1, -0.05) is 36.4 Å². The molecule has 0 unspecified atom stereocenters. The van der Waals surface area contributed by atoms with Gasteiger partial charge in [-0.2, -0.15) is 0 Å². The lowest BCUT2D eigenvalue weighted by Crippen LogP contribution is -2.38. The number of nitrogens with one attached hydrogen (secondary N) is 2. The van der Waals surface area contributed by atoms with Crippen molar-refractivity contribution in [1.82, 2.24) is 15.5 Å². The van der Waals surface area contributed by atoms with E-state index in [-0.39, 0.29) is 10.6 Å². The lowest BCUT2D eigenvalue weighted by Gasteiger charge is -2.27. The van der Waals surface area contributed by atoms with E-state index < -0.39 is 0 Å². The number of nitro benzene ring substituents is 1. The molecule has 0 radical (unpaired) electrons. The molecule has 8 heteroatoms. The smallest absolute Gasteiger partial charge is 0.269 e. The summed E-state index contributed by atoms with van der Waals surface area (Å²) in [6.07, 6.45) is 0. The summed E-state index contributed by atoms with van der Waals surface area (Å²) in [5, 5.41) is 17.6. The normalized spacial score (nSPS) is 15.0. The summed E-state index contributed by atoms with van der Waals surface area (Å²) in [6.45, 7) is 8.15. The molecule has 1 saturated heterocycles. The molecule has 2 aromatic carbocycles. The molecular weight excluding hydrogens is 382 g/mol. The van der Waals surface area contributed by atoms with Gasteiger partial charge in [0.2, 0.25) is 0 Å². The maximum atomic E-state index is 11.0. The van der Waals surface area contributed by atoms with Crippen molar-refractivity contribution in [2.24, 2.45) is 4.99 Å². The molecular formula is C22H29N5O3. The van der Waals surface area contributed by atoms with Crippen LogP contribution in [0.5, 0.6) is 0 Å². The molecule has 0 aliphatic carbocycles. The van der Waals surface area contributed by atoms with Crippen molar-refractivity contribution in [3.63, 3.8) is 0 Å². The van der Waals surface area contributed by atoms with Gasteiger partial charge in [-0.25, -0.2) is 4.99 Å². The Hall–Kier alpha value is -2.97. The average Bonchev–Trinajstić information content (AvgIpc) is 2.77. The van der Waals surface area contributed by atoms with Gasteiger partial charge in [0, 0.05) is 44.9 Å². The molecule has 0 atom stereocenters. The van der Waals surface area contributed by atoms with E-state index in [2.05, 4.69) is 38.7 Å². The number of nitrogens with zero attached hydrogens (tertiary/aromatic N) is 3. The summed E-state index contributed by atoms with van der Waals surface area (Å²) in [6, 6.07) is 15.0. The van der Waals surface area contributed by atoms with E-state index in [4.69, 9.17) is 4.74 Å². The third kappa shape index (κ3) is 6.53. The number of morpholine rings is 1. The van der Waals surface area contributed by atoms with Crippen LogP contribution in [0.1, 0.15) is 23.6 Å². The first-order valence-corrected chi connectivity index (χ1v) is 10.3. The van der Waals surface area contributed by atoms with Gasteiger partial charge >= 0.3 is 0 Å². The Morgan fingerprint density at radius 2 is 1.90 bits per heavy atom. The van der Waals surface area contributed by atoms with Crippen LogP contribution in [0, 0.1) is 10.1 Å². The summed E-state index contributed by atoms with van der Waals surface area (Å²) < 4.78 is 5.44. The zero-order chi connectivity index (χ0) is 21.2. The number of benzene rings is 2. The molecule has 1 aliphatic heterocycles. The first-order valence-electron chi connectivity index (χ1n) is 10.3. The van der Waals surface area contributed by atoms with Gasteiger partial charge in [-0.05, 0) is 23.6 Å². The molecule has 2 N–H and O–H groups in total. The van der Waals surface area contributed by atoms with E-state index in [1.54, 1.807) is 12.1 Å². The molecule has 8 nitrogen and oxygen atoms in total. The highest BCUT2D eigenvalue weighted by atomic mass is 16.6. The average molecular weight is 412 g/mol. The highest BCUT2D eigenvalue weighted by molar-refractivity contribution is 5.79. The van der Waals surface area contributed by atoms with Crippen molar-refractivity contribution in [2.75, 3.05) is 32.8 Å². The first-order chi connectivity index (χ1) is 14.7. The molecule has 0 amide bonds. The number of guanidine groups is 1. The zero-order valence-corrected chi connectivity index (χ0v) is 17.3. The van der Waals surface area contributed by atoms with Gasteiger partial charge < -0.3 is 15.4 Å². The first kappa shape index (κ1) is 21.7. The lowest BCUT2D eigenvalue weighted by molar-refractivity contribution is -0.384. The summed E-state index contributed by atoms with van der Waals surface area (Å²) >= 11 is 0. The molecule has 3 rings (SSSR count). The number of hydrogen-bond acceptors (Lipinski definition) is 5. The predicted molar refractivity (Wildman–Crippen MR) is 117 cm³/mol. The monoisotopic (exact) mass is 411 g/mol. The minimum absolute atomic E-state index is 0.0812. The van der Waals surface area contributed by atoms with Gasteiger partial charge in [-0.3, -0.25) is 15.0 Å².